The van der Waals surface area contributed by atoms with Crippen LogP contribution in [0.15, 0.2) is 16.5 Å². The number of rotatable bonds is 5. The zero-order valence-electron chi connectivity index (χ0n) is 9.33. The van der Waals surface area contributed by atoms with Crippen LogP contribution in [-0.4, -0.2) is 24.7 Å². The van der Waals surface area contributed by atoms with Gasteiger partial charge in [0.2, 0.25) is 0 Å². The summed E-state index contributed by atoms with van der Waals surface area (Å²) in [6.45, 7) is 4.14. The van der Waals surface area contributed by atoms with E-state index in [2.05, 4.69) is 5.32 Å². The summed E-state index contributed by atoms with van der Waals surface area (Å²) < 4.78 is 5.40. The number of carbonyl (C=O) groups is 1. The summed E-state index contributed by atoms with van der Waals surface area (Å²) in [5, 5.41) is 12.2. The van der Waals surface area contributed by atoms with Crippen LogP contribution in [0.3, 0.4) is 0 Å². The van der Waals surface area contributed by atoms with Crippen molar-refractivity contribution in [1.29, 1.82) is 0 Å². The maximum Gasteiger partial charge on any atom is 0.317 e. The Labute approximate surface area is 89.3 Å². The molecule has 1 unspecified atom stereocenters. The lowest BCUT2D eigenvalue weighted by Gasteiger charge is -2.22. The number of nitrogens with one attached hydrogen (secondary N) is 1. The molecule has 2 N–H and O–H groups in total. The molecule has 1 aromatic heterocycles. The van der Waals surface area contributed by atoms with Crippen molar-refractivity contribution in [3.05, 3.63) is 23.7 Å². The molecule has 0 radical (unpaired) electrons. The van der Waals surface area contributed by atoms with Crippen LogP contribution in [0.25, 0.3) is 0 Å². The average Bonchev–Trinajstić information content (AvgIpc) is 2.61. The van der Waals surface area contributed by atoms with E-state index in [0.717, 1.165) is 5.76 Å². The number of carboxylic acids is 1. The minimum absolute atomic E-state index is 0.506. The second kappa shape index (κ2) is 4.49. The van der Waals surface area contributed by atoms with Crippen LogP contribution in [0.5, 0.6) is 0 Å². The number of carboxylic acid groups (broad SMARTS) is 1. The first-order chi connectivity index (χ1) is 7.00. The number of aliphatic carboxylic acids is 1. The molecular formula is C11H17NO3. The molecular weight excluding hydrogens is 194 g/mol. The third-order valence-electron chi connectivity index (χ3n) is 2.63. The Morgan fingerprint density at radius 3 is 2.67 bits per heavy atom. The standard InChI is InChI=1S/C11H17NO3/c1-8-4-5-9(15-8)11(2,10(13)14)6-7-12-3/h4-5,12H,6-7H2,1-3H3,(H,13,14). The van der Waals surface area contributed by atoms with Crippen molar-refractivity contribution in [3.63, 3.8) is 0 Å². The average molecular weight is 211 g/mol. The van der Waals surface area contributed by atoms with Crippen molar-refractivity contribution in [2.75, 3.05) is 13.6 Å². The SMILES string of the molecule is CNCCC(C)(C(=O)O)c1ccc(C)o1. The topological polar surface area (TPSA) is 62.5 Å². The molecule has 0 amide bonds. The Kier molecular flexibility index (Phi) is 3.52. The predicted octanol–water partition coefficient (Wildman–Crippen LogP) is 1.54. The van der Waals surface area contributed by atoms with Crippen LogP contribution in [0.1, 0.15) is 24.9 Å². The van der Waals surface area contributed by atoms with Gasteiger partial charge in [-0.15, -0.1) is 0 Å². The van der Waals surface area contributed by atoms with E-state index < -0.39 is 11.4 Å². The van der Waals surface area contributed by atoms with Crippen molar-refractivity contribution in [3.8, 4) is 0 Å². The summed E-state index contributed by atoms with van der Waals surface area (Å²) in [6.07, 6.45) is 0.506. The van der Waals surface area contributed by atoms with Gasteiger partial charge in [-0.1, -0.05) is 0 Å². The number of aryl methyl sites for hydroxylation is 1. The largest absolute Gasteiger partial charge is 0.480 e. The first kappa shape index (κ1) is 11.8. The maximum atomic E-state index is 11.2. The minimum Gasteiger partial charge on any atom is -0.480 e. The molecule has 0 bridgehead atoms. The molecule has 0 fully saturated rings. The molecule has 84 valence electrons. The first-order valence-electron chi connectivity index (χ1n) is 4.95. The van der Waals surface area contributed by atoms with E-state index in [1.807, 2.05) is 6.92 Å². The van der Waals surface area contributed by atoms with Crippen molar-refractivity contribution in [2.45, 2.75) is 25.7 Å². The molecule has 0 aliphatic carbocycles. The van der Waals surface area contributed by atoms with Gasteiger partial charge in [0.15, 0.2) is 0 Å². The molecule has 0 saturated heterocycles. The molecule has 15 heavy (non-hydrogen) atoms. The summed E-state index contributed by atoms with van der Waals surface area (Å²) in [5.74, 6) is 0.400. The van der Waals surface area contributed by atoms with Crippen molar-refractivity contribution < 1.29 is 14.3 Å². The third kappa shape index (κ3) is 2.39. The van der Waals surface area contributed by atoms with E-state index in [9.17, 15) is 9.90 Å². The van der Waals surface area contributed by atoms with Gasteiger partial charge in [-0.2, -0.15) is 0 Å². The molecule has 0 saturated carbocycles. The molecule has 4 nitrogen and oxygen atoms in total. The highest BCUT2D eigenvalue weighted by atomic mass is 16.4. The van der Waals surface area contributed by atoms with Gasteiger partial charge in [0.1, 0.15) is 16.9 Å². The number of hydrogen-bond acceptors (Lipinski definition) is 3. The zero-order chi connectivity index (χ0) is 11.5. The van der Waals surface area contributed by atoms with E-state index in [1.54, 1.807) is 26.1 Å². The van der Waals surface area contributed by atoms with Crippen LogP contribution in [0.4, 0.5) is 0 Å². The molecule has 0 spiro atoms. The van der Waals surface area contributed by atoms with Crippen molar-refractivity contribution >= 4 is 5.97 Å². The quantitative estimate of drug-likeness (QED) is 0.775. The Bertz CT molecular complexity index is 345. The van der Waals surface area contributed by atoms with E-state index in [4.69, 9.17) is 4.42 Å². The van der Waals surface area contributed by atoms with Crippen LogP contribution in [-0.2, 0) is 10.2 Å². The van der Waals surface area contributed by atoms with E-state index >= 15 is 0 Å². The Hall–Kier alpha value is -1.29. The molecule has 4 heteroatoms. The number of hydrogen-bond donors (Lipinski definition) is 2. The molecule has 0 aliphatic rings. The van der Waals surface area contributed by atoms with Gasteiger partial charge < -0.3 is 14.8 Å². The number of furan rings is 1. The Morgan fingerprint density at radius 2 is 2.27 bits per heavy atom. The Balaban J connectivity index is 2.95. The van der Waals surface area contributed by atoms with Gasteiger partial charge in [0.25, 0.3) is 0 Å². The van der Waals surface area contributed by atoms with Crippen molar-refractivity contribution in [1.82, 2.24) is 5.32 Å². The molecule has 1 heterocycles. The van der Waals surface area contributed by atoms with Gasteiger partial charge in [-0.05, 0) is 46.0 Å². The van der Waals surface area contributed by atoms with Crippen molar-refractivity contribution in [2.24, 2.45) is 0 Å². The zero-order valence-corrected chi connectivity index (χ0v) is 9.33. The summed E-state index contributed by atoms with van der Waals surface area (Å²) in [5.41, 5.74) is -0.947. The Morgan fingerprint density at radius 1 is 1.60 bits per heavy atom. The predicted molar refractivity (Wildman–Crippen MR) is 57.0 cm³/mol. The second-order valence-electron chi connectivity index (χ2n) is 3.90. The second-order valence-corrected chi connectivity index (χ2v) is 3.90. The highest BCUT2D eigenvalue weighted by Crippen LogP contribution is 2.29. The summed E-state index contributed by atoms with van der Waals surface area (Å²) in [6, 6.07) is 3.52. The normalized spacial score (nSPS) is 14.9. The highest BCUT2D eigenvalue weighted by molar-refractivity contribution is 5.79. The molecule has 0 aromatic carbocycles. The van der Waals surface area contributed by atoms with E-state index in [0.29, 0.717) is 18.7 Å². The lowest BCUT2D eigenvalue weighted by Crippen LogP contribution is -2.35. The smallest absolute Gasteiger partial charge is 0.317 e. The third-order valence-corrected chi connectivity index (χ3v) is 2.63. The fraction of sp³-hybridized carbons (Fsp3) is 0.545. The fourth-order valence-corrected chi connectivity index (χ4v) is 1.44. The van der Waals surface area contributed by atoms with Crippen LogP contribution in [0.2, 0.25) is 0 Å². The summed E-state index contributed by atoms with van der Waals surface area (Å²) in [4.78, 5) is 11.2. The lowest BCUT2D eigenvalue weighted by molar-refractivity contribution is -0.144. The van der Waals surface area contributed by atoms with Crippen LogP contribution in [0, 0.1) is 6.92 Å². The fourth-order valence-electron chi connectivity index (χ4n) is 1.44. The summed E-state index contributed by atoms with van der Waals surface area (Å²) in [7, 11) is 1.80. The first-order valence-corrected chi connectivity index (χ1v) is 4.95. The van der Waals surface area contributed by atoms with E-state index in [-0.39, 0.29) is 0 Å². The molecule has 1 rings (SSSR count). The molecule has 1 atom stereocenters. The highest BCUT2D eigenvalue weighted by Gasteiger charge is 2.37. The van der Waals surface area contributed by atoms with Crippen LogP contribution >= 0.6 is 0 Å². The summed E-state index contributed by atoms with van der Waals surface area (Å²) >= 11 is 0. The van der Waals surface area contributed by atoms with Gasteiger partial charge in [0.05, 0.1) is 0 Å². The van der Waals surface area contributed by atoms with Gasteiger partial charge in [-0.3, -0.25) is 4.79 Å². The van der Waals surface area contributed by atoms with Crippen LogP contribution < -0.4 is 5.32 Å². The van der Waals surface area contributed by atoms with E-state index in [1.165, 1.54) is 0 Å². The lowest BCUT2D eigenvalue weighted by atomic mass is 9.84. The monoisotopic (exact) mass is 211 g/mol. The maximum absolute atomic E-state index is 11.2. The minimum atomic E-state index is -0.947. The molecule has 1 aromatic rings. The molecule has 0 aliphatic heterocycles. The van der Waals surface area contributed by atoms with Gasteiger partial charge in [-0.25, -0.2) is 0 Å². The van der Waals surface area contributed by atoms with Gasteiger partial charge >= 0.3 is 5.97 Å². The van der Waals surface area contributed by atoms with Gasteiger partial charge in [0, 0.05) is 0 Å².